The SMILES string of the molecule is CC(C)c1ccccc1OCC(=O)OCCCN1C(=O)c2ccc(Br)cc2C1=O. The molecule has 6 nitrogen and oxygen atoms in total. The molecule has 0 bridgehead atoms. The molecule has 2 aromatic carbocycles. The van der Waals surface area contributed by atoms with Crippen LogP contribution >= 0.6 is 15.9 Å². The highest BCUT2D eigenvalue weighted by molar-refractivity contribution is 9.10. The van der Waals surface area contributed by atoms with Crippen molar-refractivity contribution >= 4 is 33.7 Å². The molecule has 152 valence electrons. The molecule has 0 aromatic heterocycles. The van der Waals surface area contributed by atoms with Gasteiger partial charge in [-0.3, -0.25) is 14.5 Å². The van der Waals surface area contributed by atoms with Crippen LogP contribution in [0.2, 0.25) is 0 Å². The summed E-state index contributed by atoms with van der Waals surface area (Å²) in [4.78, 5) is 37.9. The van der Waals surface area contributed by atoms with E-state index in [-0.39, 0.29) is 37.5 Å². The highest BCUT2D eigenvalue weighted by Gasteiger charge is 2.35. The van der Waals surface area contributed by atoms with Crippen LogP contribution in [0.4, 0.5) is 0 Å². The topological polar surface area (TPSA) is 72.9 Å². The molecule has 2 aromatic rings. The van der Waals surface area contributed by atoms with Crippen LogP contribution in [0.25, 0.3) is 0 Å². The Kier molecular flexibility index (Phi) is 6.69. The van der Waals surface area contributed by atoms with Crippen LogP contribution in [0, 0.1) is 0 Å². The Morgan fingerprint density at radius 3 is 2.55 bits per heavy atom. The number of imide groups is 1. The number of carbonyl (C=O) groups is 3. The van der Waals surface area contributed by atoms with E-state index in [0.29, 0.717) is 23.3 Å². The highest BCUT2D eigenvalue weighted by atomic mass is 79.9. The lowest BCUT2D eigenvalue weighted by molar-refractivity contribution is -0.146. The van der Waals surface area contributed by atoms with Gasteiger partial charge in [-0.2, -0.15) is 0 Å². The van der Waals surface area contributed by atoms with Crippen molar-refractivity contribution in [3.05, 3.63) is 63.6 Å². The molecule has 0 spiro atoms. The lowest BCUT2D eigenvalue weighted by Gasteiger charge is -2.15. The Balaban J connectivity index is 1.44. The van der Waals surface area contributed by atoms with Gasteiger partial charge in [-0.1, -0.05) is 48.0 Å². The van der Waals surface area contributed by atoms with Gasteiger partial charge in [-0.15, -0.1) is 0 Å². The minimum Gasteiger partial charge on any atom is -0.482 e. The van der Waals surface area contributed by atoms with Gasteiger partial charge < -0.3 is 9.47 Å². The Morgan fingerprint density at radius 1 is 1.07 bits per heavy atom. The van der Waals surface area contributed by atoms with Gasteiger partial charge in [0.05, 0.1) is 17.7 Å². The van der Waals surface area contributed by atoms with Crippen LogP contribution in [0.1, 0.15) is 52.5 Å². The predicted molar refractivity (Wildman–Crippen MR) is 111 cm³/mol. The summed E-state index contributed by atoms with van der Waals surface area (Å²) < 4.78 is 11.5. The minimum atomic E-state index is -0.491. The van der Waals surface area contributed by atoms with Gasteiger partial charge in [0.2, 0.25) is 0 Å². The van der Waals surface area contributed by atoms with Crippen LogP contribution in [0.15, 0.2) is 46.9 Å². The quantitative estimate of drug-likeness (QED) is 0.336. The molecule has 1 heterocycles. The molecule has 7 heteroatoms. The van der Waals surface area contributed by atoms with E-state index in [1.54, 1.807) is 18.2 Å². The zero-order valence-corrected chi connectivity index (χ0v) is 17.9. The summed E-state index contributed by atoms with van der Waals surface area (Å²) in [6, 6.07) is 12.6. The molecule has 0 atom stereocenters. The van der Waals surface area contributed by atoms with Crippen LogP contribution in [-0.2, 0) is 9.53 Å². The highest BCUT2D eigenvalue weighted by Crippen LogP contribution is 2.27. The number of benzene rings is 2. The molecule has 0 N–H and O–H groups in total. The second-order valence-electron chi connectivity index (χ2n) is 7.01. The third-order valence-corrected chi connectivity index (χ3v) is 5.10. The Bertz CT molecular complexity index is 941. The summed E-state index contributed by atoms with van der Waals surface area (Å²) in [5.41, 5.74) is 1.81. The van der Waals surface area contributed by atoms with Crippen molar-refractivity contribution < 1.29 is 23.9 Å². The second kappa shape index (κ2) is 9.22. The van der Waals surface area contributed by atoms with Crippen molar-refractivity contribution in [2.45, 2.75) is 26.2 Å². The summed E-state index contributed by atoms with van der Waals surface area (Å²) in [5.74, 6) is -0.197. The number of carbonyl (C=O) groups excluding carboxylic acids is 3. The number of para-hydroxylation sites is 1. The maximum atomic E-state index is 12.4. The molecule has 0 saturated carbocycles. The number of amides is 2. The van der Waals surface area contributed by atoms with Gasteiger partial charge >= 0.3 is 5.97 Å². The molecule has 0 radical (unpaired) electrons. The number of hydrogen-bond acceptors (Lipinski definition) is 5. The number of ether oxygens (including phenoxy) is 2. The fourth-order valence-electron chi connectivity index (χ4n) is 3.14. The van der Waals surface area contributed by atoms with Gasteiger partial charge in [0, 0.05) is 11.0 Å². The van der Waals surface area contributed by atoms with E-state index < -0.39 is 5.97 Å². The molecular formula is C22H22BrNO5. The molecule has 0 aliphatic carbocycles. The smallest absolute Gasteiger partial charge is 0.344 e. The van der Waals surface area contributed by atoms with Crippen molar-refractivity contribution in [1.29, 1.82) is 0 Å². The maximum Gasteiger partial charge on any atom is 0.344 e. The van der Waals surface area contributed by atoms with Gasteiger partial charge in [0.25, 0.3) is 11.8 Å². The number of rotatable bonds is 8. The minimum absolute atomic E-state index is 0.102. The third kappa shape index (κ3) is 4.85. The van der Waals surface area contributed by atoms with Crippen molar-refractivity contribution in [1.82, 2.24) is 4.90 Å². The second-order valence-corrected chi connectivity index (χ2v) is 7.92. The number of esters is 1. The molecule has 1 aliphatic rings. The van der Waals surface area contributed by atoms with Gasteiger partial charge in [-0.25, -0.2) is 4.79 Å². The zero-order chi connectivity index (χ0) is 21.0. The lowest BCUT2D eigenvalue weighted by Crippen LogP contribution is -2.31. The molecule has 0 unspecified atom stereocenters. The fraction of sp³-hybridized carbons (Fsp3) is 0.318. The average molecular weight is 460 g/mol. The summed E-state index contributed by atoms with van der Waals surface area (Å²) in [6.07, 6.45) is 0.362. The van der Waals surface area contributed by atoms with Gasteiger partial charge in [0.1, 0.15) is 5.75 Å². The van der Waals surface area contributed by atoms with E-state index in [0.717, 1.165) is 10.0 Å². The summed E-state index contributed by atoms with van der Waals surface area (Å²) >= 11 is 3.30. The van der Waals surface area contributed by atoms with E-state index in [9.17, 15) is 14.4 Å². The fourth-order valence-corrected chi connectivity index (χ4v) is 3.50. The van der Waals surface area contributed by atoms with Crippen LogP contribution in [0.3, 0.4) is 0 Å². The first kappa shape index (κ1) is 21.0. The zero-order valence-electron chi connectivity index (χ0n) is 16.3. The molecule has 1 aliphatic heterocycles. The lowest BCUT2D eigenvalue weighted by atomic mass is 10.0. The number of nitrogens with zero attached hydrogens (tertiary/aromatic N) is 1. The van der Waals surface area contributed by atoms with Gasteiger partial charge in [0.15, 0.2) is 6.61 Å². The van der Waals surface area contributed by atoms with E-state index in [2.05, 4.69) is 29.8 Å². The summed E-state index contributed by atoms with van der Waals surface area (Å²) in [5, 5.41) is 0. The normalized spacial score (nSPS) is 13.0. The Morgan fingerprint density at radius 2 is 1.79 bits per heavy atom. The first-order valence-electron chi connectivity index (χ1n) is 9.41. The van der Waals surface area contributed by atoms with Crippen molar-refractivity contribution in [2.24, 2.45) is 0 Å². The van der Waals surface area contributed by atoms with Crippen LogP contribution < -0.4 is 4.74 Å². The van der Waals surface area contributed by atoms with E-state index in [1.807, 2.05) is 24.3 Å². The first-order chi connectivity index (χ1) is 13.9. The molecule has 29 heavy (non-hydrogen) atoms. The van der Waals surface area contributed by atoms with Crippen molar-refractivity contribution in [2.75, 3.05) is 19.8 Å². The summed E-state index contributed by atoms with van der Waals surface area (Å²) in [6.45, 7) is 4.21. The Labute approximate surface area is 177 Å². The van der Waals surface area contributed by atoms with Gasteiger partial charge in [-0.05, 0) is 42.2 Å². The van der Waals surface area contributed by atoms with Crippen LogP contribution in [0.5, 0.6) is 5.75 Å². The molecular weight excluding hydrogens is 438 g/mol. The third-order valence-electron chi connectivity index (χ3n) is 4.61. The molecule has 2 amide bonds. The average Bonchev–Trinajstić information content (AvgIpc) is 2.93. The molecule has 0 fully saturated rings. The predicted octanol–water partition coefficient (Wildman–Crippen LogP) is 4.18. The van der Waals surface area contributed by atoms with Crippen molar-refractivity contribution in [3.8, 4) is 5.75 Å². The summed E-state index contributed by atoms with van der Waals surface area (Å²) in [7, 11) is 0. The number of fused-ring (bicyclic) bond motifs is 1. The van der Waals surface area contributed by atoms with E-state index in [1.165, 1.54) is 4.90 Å². The number of halogens is 1. The molecule has 0 saturated heterocycles. The Hall–Kier alpha value is -2.67. The monoisotopic (exact) mass is 459 g/mol. The largest absolute Gasteiger partial charge is 0.482 e. The maximum absolute atomic E-state index is 12.4. The standard InChI is InChI=1S/C22H22BrNO5/c1-14(2)16-6-3-4-7-19(16)29-13-20(25)28-11-5-10-24-21(26)17-9-8-15(23)12-18(17)22(24)27/h3-4,6-9,12,14H,5,10-11,13H2,1-2H3. The first-order valence-corrected chi connectivity index (χ1v) is 10.2. The molecule has 3 rings (SSSR count). The van der Waals surface area contributed by atoms with Crippen molar-refractivity contribution in [3.63, 3.8) is 0 Å². The van der Waals surface area contributed by atoms with E-state index in [4.69, 9.17) is 9.47 Å². The van der Waals surface area contributed by atoms with Crippen LogP contribution in [-0.4, -0.2) is 42.4 Å². The van der Waals surface area contributed by atoms with E-state index >= 15 is 0 Å². The number of hydrogen-bond donors (Lipinski definition) is 0.